The number of oxime groups is 1. The Labute approximate surface area is 84.6 Å². The van der Waals surface area contributed by atoms with Crippen LogP contribution in [0, 0.1) is 6.92 Å². The van der Waals surface area contributed by atoms with Crippen molar-refractivity contribution in [2.45, 2.75) is 32.8 Å². The van der Waals surface area contributed by atoms with Gasteiger partial charge >= 0.3 is 0 Å². The quantitative estimate of drug-likeness (QED) is 0.665. The molecule has 0 bridgehead atoms. The van der Waals surface area contributed by atoms with Crippen LogP contribution in [0.3, 0.4) is 0 Å². The van der Waals surface area contributed by atoms with Crippen LogP contribution < -0.4 is 0 Å². The molecule has 0 unspecified atom stereocenters. The van der Waals surface area contributed by atoms with Gasteiger partial charge < -0.3 is 4.84 Å². The average Bonchev–Trinajstić information content (AvgIpc) is 2.47. The molecule has 2 nitrogen and oxygen atoms in total. The summed E-state index contributed by atoms with van der Waals surface area (Å²) in [4.78, 5) is 5.35. The molecule has 0 aliphatic carbocycles. The SMILES string of the molecule is Cc1ccccc1C1=NOC(C)(C)C1. The molecular weight excluding hydrogens is 174 g/mol. The van der Waals surface area contributed by atoms with Gasteiger partial charge in [0.05, 0.1) is 5.71 Å². The van der Waals surface area contributed by atoms with Crippen molar-refractivity contribution in [3.8, 4) is 0 Å². The van der Waals surface area contributed by atoms with Crippen molar-refractivity contribution in [2.75, 3.05) is 0 Å². The van der Waals surface area contributed by atoms with Crippen molar-refractivity contribution in [1.82, 2.24) is 0 Å². The topological polar surface area (TPSA) is 21.6 Å². The third kappa shape index (κ3) is 1.65. The van der Waals surface area contributed by atoms with Gasteiger partial charge in [0, 0.05) is 12.0 Å². The molecule has 2 heteroatoms. The Balaban J connectivity index is 2.30. The van der Waals surface area contributed by atoms with E-state index in [1.165, 1.54) is 11.1 Å². The first-order valence-electron chi connectivity index (χ1n) is 4.89. The summed E-state index contributed by atoms with van der Waals surface area (Å²) in [6.07, 6.45) is 0.887. The standard InChI is InChI=1S/C12H15NO/c1-9-6-4-5-7-10(9)11-8-12(2,3)14-13-11/h4-7H,8H2,1-3H3. The highest BCUT2D eigenvalue weighted by molar-refractivity contribution is 6.02. The molecule has 0 fully saturated rings. The first-order valence-corrected chi connectivity index (χ1v) is 4.89. The van der Waals surface area contributed by atoms with E-state index in [9.17, 15) is 0 Å². The van der Waals surface area contributed by atoms with Crippen LogP contribution in [0.5, 0.6) is 0 Å². The molecule has 0 amide bonds. The van der Waals surface area contributed by atoms with Crippen LogP contribution in [0.15, 0.2) is 29.4 Å². The molecule has 1 aliphatic rings. The van der Waals surface area contributed by atoms with E-state index in [1.807, 2.05) is 12.1 Å². The van der Waals surface area contributed by atoms with E-state index in [2.05, 4.69) is 38.1 Å². The minimum atomic E-state index is -0.141. The van der Waals surface area contributed by atoms with Gasteiger partial charge in [0.2, 0.25) is 0 Å². The van der Waals surface area contributed by atoms with Crippen LogP contribution in [0.2, 0.25) is 0 Å². The zero-order valence-corrected chi connectivity index (χ0v) is 8.87. The van der Waals surface area contributed by atoms with E-state index >= 15 is 0 Å². The molecule has 0 saturated heterocycles. The van der Waals surface area contributed by atoms with Crippen LogP contribution in [0.25, 0.3) is 0 Å². The van der Waals surface area contributed by atoms with Gasteiger partial charge in [-0.15, -0.1) is 0 Å². The van der Waals surface area contributed by atoms with Gasteiger partial charge in [-0.1, -0.05) is 29.4 Å². The van der Waals surface area contributed by atoms with Crippen LogP contribution in [0.1, 0.15) is 31.4 Å². The molecule has 2 rings (SSSR count). The third-order valence-corrected chi connectivity index (χ3v) is 2.45. The zero-order valence-electron chi connectivity index (χ0n) is 8.87. The average molecular weight is 189 g/mol. The summed E-state index contributed by atoms with van der Waals surface area (Å²) in [6.45, 7) is 6.22. The maximum Gasteiger partial charge on any atom is 0.137 e. The van der Waals surface area contributed by atoms with E-state index in [-0.39, 0.29) is 5.60 Å². The highest BCUT2D eigenvalue weighted by atomic mass is 16.7. The van der Waals surface area contributed by atoms with E-state index < -0.39 is 0 Å². The summed E-state index contributed by atoms with van der Waals surface area (Å²) in [5.74, 6) is 0. The molecule has 0 radical (unpaired) electrons. The van der Waals surface area contributed by atoms with Crippen molar-refractivity contribution in [3.63, 3.8) is 0 Å². The zero-order chi connectivity index (χ0) is 10.2. The number of hydrogen-bond acceptors (Lipinski definition) is 2. The molecule has 1 aliphatic heterocycles. The Morgan fingerprint density at radius 2 is 2.00 bits per heavy atom. The molecule has 0 aromatic heterocycles. The Hall–Kier alpha value is -1.31. The minimum absolute atomic E-state index is 0.141. The van der Waals surface area contributed by atoms with E-state index in [0.717, 1.165) is 12.1 Å². The van der Waals surface area contributed by atoms with Crippen LogP contribution in [-0.4, -0.2) is 11.3 Å². The van der Waals surface area contributed by atoms with Crippen molar-refractivity contribution in [1.29, 1.82) is 0 Å². The van der Waals surface area contributed by atoms with Gasteiger partial charge in [0.1, 0.15) is 5.60 Å². The van der Waals surface area contributed by atoms with Gasteiger partial charge in [0.25, 0.3) is 0 Å². The van der Waals surface area contributed by atoms with Crippen molar-refractivity contribution >= 4 is 5.71 Å². The van der Waals surface area contributed by atoms with Crippen LogP contribution in [-0.2, 0) is 4.84 Å². The minimum Gasteiger partial charge on any atom is -0.389 e. The summed E-state index contributed by atoms with van der Waals surface area (Å²) in [7, 11) is 0. The normalized spacial score (nSPS) is 18.9. The van der Waals surface area contributed by atoms with Crippen molar-refractivity contribution < 1.29 is 4.84 Å². The predicted molar refractivity (Wildman–Crippen MR) is 57.5 cm³/mol. The van der Waals surface area contributed by atoms with Crippen molar-refractivity contribution in [3.05, 3.63) is 35.4 Å². The Morgan fingerprint density at radius 3 is 2.57 bits per heavy atom. The fourth-order valence-corrected chi connectivity index (χ4v) is 1.69. The van der Waals surface area contributed by atoms with Crippen LogP contribution >= 0.6 is 0 Å². The number of benzene rings is 1. The molecule has 1 aromatic carbocycles. The summed E-state index contributed by atoms with van der Waals surface area (Å²) >= 11 is 0. The predicted octanol–water partition coefficient (Wildman–Crippen LogP) is 2.90. The molecule has 74 valence electrons. The maximum absolute atomic E-state index is 5.35. The molecule has 1 aromatic rings. The van der Waals surface area contributed by atoms with E-state index in [0.29, 0.717) is 0 Å². The summed E-state index contributed by atoms with van der Waals surface area (Å²) < 4.78 is 0. The van der Waals surface area contributed by atoms with Crippen LogP contribution in [0.4, 0.5) is 0 Å². The monoisotopic (exact) mass is 189 g/mol. The first kappa shape index (κ1) is 9.25. The second-order valence-corrected chi connectivity index (χ2v) is 4.38. The summed E-state index contributed by atoms with van der Waals surface area (Å²) in [5, 5.41) is 4.14. The lowest BCUT2D eigenvalue weighted by Gasteiger charge is -2.13. The van der Waals surface area contributed by atoms with E-state index in [1.54, 1.807) is 0 Å². The second-order valence-electron chi connectivity index (χ2n) is 4.38. The fraction of sp³-hybridized carbons (Fsp3) is 0.417. The Kier molecular flexibility index (Phi) is 2.06. The number of hydrogen-bond donors (Lipinski definition) is 0. The lowest BCUT2D eigenvalue weighted by molar-refractivity contribution is 0.0123. The fourth-order valence-electron chi connectivity index (χ4n) is 1.69. The number of nitrogens with zero attached hydrogens (tertiary/aromatic N) is 1. The number of aryl methyl sites for hydroxylation is 1. The lowest BCUT2D eigenvalue weighted by Crippen LogP contribution is -2.19. The molecule has 0 N–H and O–H groups in total. The smallest absolute Gasteiger partial charge is 0.137 e. The van der Waals surface area contributed by atoms with Gasteiger partial charge in [-0.05, 0) is 26.3 Å². The molecular formula is C12H15NO. The largest absolute Gasteiger partial charge is 0.389 e. The summed E-state index contributed by atoms with van der Waals surface area (Å²) in [5.41, 5.74) is 3.39. The third-order valence-electron chi connectivity index (χ3n) is 2.45. The van der Waals surface area contributed by atoms with Gasteiger partial charge in [-0.2, -0.15) is 0 Å². The Morgan fingerprint density at radius 1 is 1.29 bits per heavy atom. The maximum atomic E-state index is 5.35. The number of rotatable bonds is 1. The lowest BCUT2D eigenvalue weighted by atomic mass is 9.95. The molecule has 1 heterocycles. The van der Waals surface area contributed by atoms with Gasteiger partial charge in [-0.3, -0.25) is 0 Å². The molecule has 0 spiro atoms. The molecule has 0 atom stereocenters. The highest BCUT2D eigenvalue weighted by Crippen LogP contribution is 2.26. The first-order chi connectivity index (χ1) is 6.58. The molecule has 0 saturated carbocycles. The highest BCUT2D eigenvalue weighted by Gasteiger charge is 2.29. The Bertz CT molecular complexity index is 380. The molecule has 14 heavy (non-hydrogen) atoms. The van der Waals surface area contributed by atoms with Gasteiger partial charge in [-0.25, -0.2) is 0 Å². The summed E-state index contributed by atoms with van der Waals surface area (Å²) in [6, 6.07) is 8.28. The second kappa shape index (κ2) is 3.12. The van der Waals surface area contributed by atoms with E-state index in [4.69, 9.17) is 4.84 Å². The van der Waals surface area contributed by atoms with Crippen molar-refractivity contribution in [2.24, 2.45) is 5.16 Å². The van der Waals surface area contributed by atoms with Gasteiger partial charge in [0.15, 0.2) is 0 Å².